The molecule has 1 aromatic rings. The molecule has 0 bridgehead atoms. The van der Waals surface area contributed by atoms with Crippen molar-refractivity contribution in [1.82, 2.24) is 9.88 Å². The number of hydrogen-bond donors (Lipinski definition) is 1. The quantitative estimate of drug-likeness (QED) is 0.417. The number of aromatic nitrogens is 1. The highest BCUT2D eigenvalue weighted by atomic mass is 32.2. The molecule has 1 fully saturated rings. The van der Waals surface area contributed by atoms with Crippen LogP contribution in [0.1, 0.15) is 43.2 Å². The Morgan fingerprint density at radius 1 is 1.39 bits per heavy atom. The largest absolute Gasteiger partial charge is 0.379 e. The lowest BCUT2D eigenvalue weighted by molar-refractivity contribution is -0.0632. The second-order valence-corrected chi connectivity index (χ2v) is 7.93. The number of pyridine rings is 1. The van der Waals surface area contributed by atoms with Crippen LogP contribution < -0.4 is 5.73 Å². The lowest BCUT2D eigenvalue weighted by Crippen LogP contribution is -2.42. The van der Waals surface area contributed by atoms with Gasteiger partial charge in [0.2, 0.25) is 0 Å². The van der Waals surface area contributed by atoms with Crippen molar-refractivity contribution in [1.29, 1.82) is 0 Å². The summed E-state index contributed by atoms with van der Waals surface area (Å²) in [7, 11) is 1.62. The molecule has 1 saturated heterocycles. The molecule has 8 heteroatoms. The van der Waals surface area contributed by atoms with E-state index >= 15 is 0 Å². The van der Waals surface area contributed by atoms with Crippen molar-refractivity contribution in [2.24, 2.45) is 5.73 Å². The number of likely N-dealkylation sites (tertiary alicyclic amines) is 1. The van der Waals surface area contributed by atoms with Gasteiger partial charge >= 0.3 is 0 Å². The molecule has 28 heavy (non-hydrogen) atoms. The zero-order valence-electron chi connectivity index (χ0n) is 17.3. The minimum atomic E-state index is -0.373. The molecule has 0 aromatic carbocycles. The van der Waals surface area contributed by atoms with E-state index in [0.29, 0.717) is 25.5 Å². The molecule has 1 aliphatic heterocycles. The van der Waals surface area contributed by atoms with Crippen molar-refractivity contribution in [3.05, 3.63) is 23.5 Å². The highest BCUT2D eigenvalue weighted by Crippen LogP contribution is 2.32. The molecule has 1 aromatic heterocycles. The summed E-state index contributed by atoms with van der Waals surface area (Å²) in [5.41, 5.74) is 7.08. The van der Waals surface area contributed by atoms with Gasteiger partial charge in [-0.05, 0) is 38.3 Å². The SMILES string of the molecule is CCOCC(C)OC(Sc1cc(CC)cnc1C(=O)N1CCC1)[C@H](CN)OC. The van der Waals surface area contributed by atoms with Crippen LogP contribution in [0.25, 0.3) is 0 Å². The summed E-state index contributed by atoms with van der Waals surface area (Å²) >= 11 is 1.45. The molecule has 0 aliphatic carbocycles. The molecule has 158 valence electrons. The zero-order chi connectivity index (χ0) is 20.5. The van der Waals surface area contributed by atoms with Crippen LogP contribution in [0.15, 0.2) is 17.2 Å². The molecule has 2 heterocycles. The van der Waals surface area contributed by atoms with E-state index in [1.807, 2.05) is 24.8 Å². The van der Waals surface area contributed by atoms with Gasteiger partial charge in [0.25, 0.3) is 5.91 Å². The third kappa shape index (κ3) is 6.15. The third-order valence-electron chi connectivity index (χ3n) is 4.67. The second-order valence-electron chi connectivity index (χ2n) is 6.79. The molecular weight excluding hydrogens is 378 g/mol. The van der Waals surface area contributed by atoms with E-state index in [2.05, 4.69) is 11.9 Å². The van der Waals surface area contributed by atoms with Gasteiger partial charge < -0.3 is 24.8 Å². The van der Waals surface area contributed by atoms with Gasteiger partial charge in [0.05, 0.1) is 12.7 Å². The summed E-state index contributed by atoms with van der Waals surface area (Å²) in [5, 5.41) is 0. The first-order chi connectivity index (χ1) is 13.5. The van der Waals surface area contributed by atoms with Gasteiger partial charge in [-0.2, -0.15) is 0 Å². The summed E-state index contributed by atoms with van der Waals surface area (Å²) in [5.74, 6) is -0.0285. The summed E-state index contributed by atoms with van der Waals surface area (Å²) in [6.07, 6.45) is 3.22. The normalized spacial score (nSPS) is 17.1. The van der Waals surface area contributed by atoms with Gasteiger partial charge in [-0.1, -0.05) is 18.7 Å². The molecule has 1 amide bonds. The predicted octanol–water partition coefficient (Wildman–Crippen LogP) is 2.32. The molecule has 0 saturated carbocycles. The van der Waals surface area contributed by atoms with Crippen molar-refractivity contribution in [3.8, 4) is 0 Å². The topological polar surface area (TPSA) is 86.9 Å². The van der Waals surface area contributed by atoms with Crippen molar-refractivity contribution in [2.45, 2.75) is 56.2 Å². The summed E-state index contributed by atoms with van der Waals surface area (Å²) in [6, 6.07) is 2.03. The smallest absolute Gasteiger partial charge is 0.273 e. The van der Waals surface area contributed by atoms with Gasteiger partial charge in [0, 0.05) is 44.4 Å². The number of hydrogen-bond acceptors (Lipinski definition) is 7. The van der Waals surface area contributed by atoms with Crippen LogP contribution in [0.2, 0.25) is 0 Å². The Labute approximate surface area is 172 Å². The number of ether oxygens (including phenoxy) is 3. The molecule has 3 atom stereocenters. The number of aryl methyl sites for hydroxylation is 1. The molecule has 7 nitrogen and oxygen atoms in total. The first-order valence-corrected chi connectivity index (χ1v) is 10.8. The standard InChI is InChI=1S/C20H33N3O4S/c1-5-15-10-17(18(22-12-15)19(24)23-8-7-9-23)28-20(16(11-21)25-4)27-14(3)13-26-6-2/h10,12,14,16,20H,5-9,11,13,21H2,1-4H3/t14?,16-,20?/m0/s1. The minimum absolute atomic E-state index is 0.0285. The van der Waals surface area contributed by atoms with E-state index in [1.54, 1.807) is 13.3 Å². The maximum Gasteiger partial charge on any atom is 0.273 e. The lowest BCUT2D eigenvalue weighted by Gasteiger charge is -2.32. The van der Waals surface area contributed by atoms with Crippen LogP contribution >= 0.6 is 11.8 Å². The average molecular weight is 412 g/mol. The molecule has 2 unspecified atom stereocenters. The minimum Gasteiger partial charge on any atom is -0.379 e. The van der Waals surface area contributed by atoms with Crippen LogP contribution in [-0.2, 0) is 20.6 Å². The Kier molecular flexibility index (Phi) is 9.67. The molecule has 1 aliphatic rings. The van der Waals surface area contributed by atoms with Crippen molar-refractivity contribution in [2.75, 3.05) is 40.0 Å². The average Bonchev–Trinajstić information content (AvgIpc) is 2.65. The van der Waals surface area contributed by atoms with Crippen LogP contribution in [0.5, 0.6) is 0 Å². The molecule has 0 radical (unpaired) electrons. The van der Waals surface area contributed by atoms with Crippen LogP contribution in [-0.4, -0.2) is 73.4 Å². The fraction of sp³-hybridized carbons (Fsp3) is 0.700. The van der Waals surface area contributed by atoms with Crippen LogP contribution in [0, 0.1) is 0 Å². The Hall–Kier alpha value is -1.19. The van der Waals surface area contributed by atoms with E-state index in [1.165, 1.54) is 11.8 Å². The molecular formula is C20H33N3O4S. The number of nitrogens with two attached hydrogens (primary N) is 1. The predicted molar refractivity (Wildman–Crippen MR) is 111 cm³/mol. The van der Waals surface area contributed by atoms with E-state index in [9.17, 15) is 4.79 Å². The van der Waals surface area contributed by atoms with Gasteiger partial charge in [-0.3, -0.25) is 4.79 Å². The van der Waals surface area contributed by atoms with E-state index in [0.717, 1.165) is 36.4 Å². The van der Waals surface area contributed by atoms with E-state index < -0.39 is 0 Å². The maximum absolute atomic E-state index is 12.8. The van der Waals surface area contributed by atoms with Crippen LogP contribution in [0.3, 0.4) is 0 Å². The Balaban J connectivity index is 2.25. The molecule has 2 N–H and O–H groups in total. The summed E-state index contributed by atoms with van der Waals surface area (Å²) in [4.78, 5) is 19.9. The monoisotopic (exact) mass is 411 g/mol. The molecule has 0 spiro atoms. The molecule has 2 rings (SSSR count). The number of amides is 1. The van der Waals surface area contributed by atoms with Crippen LogP contribution in [0.4, 0.5) is 0 Å². The number of methoxy groups -OCH3 is 1. The first-order valence-electron chi connectivity index (χ1n) is 9.94. The summed E-state index contributed by atoms with van der Waals surface area (Å²) in [6.45, 7) is 8.98. The second kappa shape index (κ2) is 11.7. The maximum atomic E-state index is 12.8. The third-order valence-corrected chi connectivity index (χ3v) is 5.88. The van der Waals surface area contributed by atoms with Crippen molar-refractivity contribution in [3.63, 3.8) is 0 Å². The van der Waals surface area contributed by atoms with Crippen molar-refractivity contribution < 1.29 is 19.0 Å². The Bertz CT molecular complexity index is 623. The lowest BCUT2D eigenvalue weighted by atomic mass is 10.1. The fourth-order valence-electron chi connectivity index (χ4n) is 2.78. The number of carbonyl (C=O) groups excluding carboxylic acids is 1. The number of rotatable bonds is 12. The van der Waals surface area contributed by atoms with Gasteiger partial charge in [0.15, 0.2) is 0 Å². The number of thioether (sulfide) groups is 1. The van der Waals surface area contributed by atoms with Gasteiger partial charge in [-0.25, -0.2) is 4.98 Å². The number of carbonyl (C=O) groups is 1. The van der Waals surface area contributed by atoms with Gasteiger partial charge in [0.1, 0.15) is 17.2 Å². The highest BCUT2D eigenvalue weighted by molar-refractivity contribution is 8.00. The van der Waals surface area contributed by atoms with Crippen molar-refractivity contribution >= 4 is 17.7 Å². The summed E-state index contributed by atoms with van der Waals surface area (Å²) < 4.78 is 17.2. The number of nitrogens with zero attached hydrogens (tertiary/aromatic N) is 2. The Morgan fingerprint density at radius 2 is 2.14 bits per heavy atom. The first kappa shape index (κ1) is 23.1. The fourth-order valence-corrected chi connectivity index (χ4v) is 4.13. The van der Waals surface area contributed by atoms with Gasteiger partial charge in [-0.15, -0.1) is 0 Å². The Morgan fingerprint density at radius 3 is 2.68 bits per heavy atom. The van der Waals surface area contributed by atoms with E-state index in [-0.39, 0.29) is 23.6 Å². The zero-order valence-corrected chi connectivity index (χ0v) is 18.2. The highest BCUT2D eigenvalue weighted by Gasteiger charge is 2.30. The van der Waals surface area contributed by atoms with E-state index in [4.69, 9.17) is 19.9 Å².